The minimum absolute atomic E-state index is 0.0202. The molecule has 0 aliphatic carbocycles. The molecule has 156 valence electrons. The first kappa shape index (κ1) is 20.5. The summed E-state index contributed by atoms with van der Waals surface area (Å²) >= 11 is 1.65. The van der Waals surface area contributed by atoms with Gasteiger partial charge in [-0.3, -0.25) is 14.4 Å². The lowest BCUT2D eigenvalue weighted by atomic mass is 10.1. The molecule has 2 aromatic carbocycles. The maximum atomic E-state index is 13.0. The van der Waals surface area contributed by atoms with E-state index in [1.807, 2.05) is 38.1 Å². The minimum Gasteiger partial charge on any atom is -0.348 e. The standard InChI is InChI=1S/C23H25N3O3S/c1-15-7-9-16(10-8-15)13-24-21(28)17-5-3-4-6-18(17)25-22(29)19-14-30-23(2)12-11-20(27)26(19)23/h3-10,19H,11-14H2,1-2H3,(H,24,28)(H,25,29). The topological polar surface area (TPSA) is 78.5 Å². The lowest BCUT2D eigenvalue weighted by molar-refractivity contribution is -0.135. The fourth-order valence-corrected chi connectivity index (χ4v) is 5.44. The van der Waals surface area contributed by atoms with Crippen LogP contribution in [0.4, 0.5) is 5.69 Å². The van der Waals surface area contributed by atoms with Crippen molar-refractivity contribution >= 4 is 35.2 Å². The van der Waals surface area contributed by atoms with E-state index < -0.39 is 6.04 Å². The largest absolute Gasteiger partial charge is 0.348 e. The molecule has 2 aromatic rings. The number of hydrogen-bond acceptors (Lipinski definition) is 4. The van der Waals surface area contributed by atoms with Crippen molar-refractivity contribution < 1.29 is 14.4 Å². The molecule has 2 saturated heterocycles. The second-order valence-electron chi connectivity index (χ2n) is 7.97. The van der Waals surface area contributed by atoms with Crippen molar-refractivity contribution in [1.29, 1.82) is 0 Å². The van der Waals surface area contributed by atoms with Gasteiger partial charge in [-0.2, -0.15) is 0 Å². The fourth-order valence-electron chi connectivity index (χ4n) is 4.00. The van der Waals surface area contributed by atoms with Crippen LogP contribution in [-0.4, -0.2) is 39.3 Å². The van der Waals surface area contributed by atoms with Crippen molar-refractivity contribution in [3.63, 3.8) is 0 Å². The van der Waals surface area contributed by atoms with Crippen LogP contribution in [0.25, 0.3) is 0 Å². The van der Waals surface area contributed by atoms with Gasteiger partial charge in [0.1, 0.15) is 6.04 Å². The smallest absolute Gasteiger partial charge is 0.253 e. The molecule has 0 spiro atoms. The van der Waals surface area contributed by atoms with Crippen molar-refractivity contribution in [3.05, 3.63) is 65.2 Å². The van der Waals surface area contributed by atoms with E-state index in [1.54, 1.807) is 40.9 Å². The Morgan fingerprint density at radius 3 is 2.67 bits per heavy atom. The Hall–Kier alpha value is -2.80. The number of aryl methyl sites for hydroxylation is 1. The van der Waals surface area contributed by atoms with Crippen LogP contribution in [0.1, 0.15) is 41.3 Å². The maximum absolute atomic E-state index is 13.0. The Morgan fingerprint density at radius 2 is 1.90 bits per heavy atom. The third-order valence-electron chi connectivity index (χ3n) is 5.75. The second kappa shape index (κ2) is 8.14. The van der Waals surface area contributed by atoms with Gasteiger partial charge in [0, 0.05) is 18.7 Å². The van der Waals surface area contributed by atoms with E-state index in [2.05, 4.69) is 10.6 Å². The van der Waals surface area contributed by atoms with Gasteiger partial charge in [-0.05, 0) is 38.0 Å². The van der Waals surface area contributed by atoms with Crippen molar-refractivity contribution in [2.24, 2.45) is 0 Å². The van der Waals surface area contributed by atoms with E-state index in [0.717, 1.165) is 17.5 Å². The number of hydrogen-bond donors (Lipinski definition) is 2. The first-order valence-corrected chi connectivity index (χ1v) is 11.1. The normalized spacial score (nSPS) is 22.7. The molecule has 7 heteroatoms. The number of anilines is 1. The van der Waals surface area contributed by atoms with Crippen molar-refractivity contribution in [2.45, 2.75) is 44.1 Å². The van der Waals surface area contributed by atoms with E-state index in [-0.39, 0.29) is 22.6 Å². The van der Waals surface area contributed by atoms with Gasteiger partial charge >= 0.3 is 0 Å². The number of nitrogens with one attached hydrogen (secondary N) is 2. The quantitative estimate of drug-likeness (QED) is 0.773. The summed E-state index contributed by atoms with van der Waals surface area (Å²) in [7, 11) is 0. The molecular weight excluding hydrogens is 398 g/mol. The van der Waals surface area contributed by atoms with Crippen molar-refractivity contribution in [3.8, 4) is 0 Å². The zero-order chi connectivity index (χ0) is 21.3. The molecule has 2 aliphatic heterocycles. The summed E-state index contributed by atoms with van der Waals surface area (Å²) in [6, 6.07) is 14.4. The molecule has 2 heterocycles. The highest BCUT2D eigenvalue weighted by atomic mass is 32.2. The average molecular weight is 424 g/mol. The summed E-state index contributed by atoms with van der Waals surface area (Å²) in [6.45, 7) is 4.44. The molecule has 2 aliphatic rings. The van der Waals surface area contributed by atoms with Crippen LogP contribution in [0.5, 0.6) is 0 Å². The summed E-state index contributed by atoms with van der Waals surface area (Å²) in [4.78, 5) is 39.5. The summed E-state index contributed by atoms with van der Waals surface area (Å²) < 4.78 is 0. The molecule has 2 atom stereocenters. The van der Waals surface area contributed by atoms with Gasteiger partial charge in [-0.15, -0.1) is 11.8 Å². The van der Waals surface area contributed by atoms with Gasteiger partial charge in [0.2, 0.25) is 11.8 Å². The molecule has 0 bridgehead atoms. The zero-order valence-corrected chi connectivity index (χ0v) is 17.9. The van der Waals surface area contributed by atoms with Crippen LogP contribution in [0, 0.1) is 6.92 Å². The van der Waals surface area contributed by atoms with E-state index in [1.165, 1.54) is 0 Å². The molecular formula is C23H25N3O3S. The number of thioether (sulfide) groups is 1. The lowest BCUT2D eigenvalue weighted by Crippen LogP contribution is -2.48. The first-order chi connectivity index (χ1) is 14.4. The van der Waals surface area contributed by atoms with Crippen molar-refractivity contribution in [1.82, 2.24) is 10.2 Å². The Morgan fingerprint density at radius 1 is 1.17 bits per heavy atom. The monoisotopic (exact) mass is 423 g/mol. The number of rotatable bonds is 5. The van der Waals surface area contributed by atoms with Crippen LogP contribution in [0.3, 0.4) is 0 Å². The SMILES string of the molecule is Cc1ccc(CNC(=O)c2ccccc2NC(=O)C2CSC3(C)CCC(=O)N23)cc1. The molecule has 2 fully saturated rings. The Labute approximate surface area is 180 Å². The Kier molecular flexibility index (Phi) is 5.56. The number of fused-ring (bicyclic) bond motifs is 1. The highest BCUT2D eigenvalue weighted by Gasteiger charge is 2.52. The number of para-hydroxylation sites is 1. The third kappa shape index (κ3) is 3.94. The van der Waals surface area contributed by atoms with E-state index in [4.69, 9.17) is 0 Å². The van der Waals surface area contributed by atoms with Gasteiger partial charge in [0.15, 0.2) is 0 Å². The Bertz CT molecular complexity index is 991. The highest BCUT2D eigenvalue weighted by molar-refractivity contribution is 8.01. The first-order valence-electron chi connectivity index (χ1n) is 10.1. The second-order valence-corrected chi connectivity index (χ2v) is 9.47. The minimum atomic E-state index is -0.515. The predicted octanol–water partition coefficient (Wildman–Crippen LogP) is 3.32. The molecule has 0 aromatic heterocycles. The molecule has 6 nitrogen and oxygen atoms in total. The van der Waals surface area contributed by atoms with Crippen LogP contribution in [-0.2, 0) is 16.1 Å². The number of amides is 3. The van der Waals surface area contributed by atoms with Gasteiger partial charge in [0.25, 0.3) is 5.91 Å². The predicted molar refractivity (Wildman–Crippen MR) is 118 cm³/mol. The van der Waals surface area contributed by atoms with Gasteiger partial charge in [-0.25, -0.2) is 0 Å². The molecule has 2 N–H and O–H groups in total. The summed E-state index contributed by atoms with van der Waals surface area (Å²) in [5.41, 5.74) is 3.02. The fraction of sp³-hybridized carbons (Fsp3) is 0.348. The summed E-state index contributed by atoms with van der Waals surface area (Å²) in [5, 5.41) is 5.79. The molecule has 4 rings (SSSR count). The maximum Gasteiger partial charge on any atom is 0.253 e. The number of carbonyl (C=O) groups excluding carboxylic acids is 3. The van der Waals surface area contributed by atoms with Gasteiger partial charge < -0.3 is 15.5 Å². The average Bonchev–Trinajstić information content (AvgIpc) is 3.23. The number of carbonyl (C=O) groups is 3. The summed E-state index contributed by atoms with van der Waals surface area (Å²) in [5.74, 6) is 0.0805. The van der Waals surface area contributed by atoms with Gasteiger partial charge in [0.05, 0.1) is 16.1 Å². The number of nitrogens with zero attached hydrogens (tertiary/aromatic N) is 1. The van der Waals surface area contributed by atoms with Gasteiger partial charge in [-0.1, -0.05) is 42.0 Å². The third-order valence-corrected chi connectivity index (χ3v) is 7.26. The highest BCUT2D eigenvalue weighted by Crippen LogP contribution is 2.47. The van der Waals surface area contributed by atoms with E-state index in [9.17, 15) is 14.4 Å². The van der Waals surface area contributed by atoms with Crippen LogP contribution in [0.2, 0.25) is 0 Å². The van der Waals surface area contributed by atoms with Crippen LogP contribution < -0.4 is 10.6 Å². The zero-order valence-electron chi connectivity index (χ0n) is 17.1. The molecule has 3 amide bonds. The Balaban J connectivity index is 1.45. The molecule has 30 heavy (non-hydrogen) atoms. The molecule has 0 saturated carbocycles. The molecule has 0 radical (unpaired) electrons. The van der Waals surface area contributed by atoms with Crippen molar-refractivity contribution in [2.75, 3.05) is 11.1 Å². The van der Waals surface area contributed by atoms with Crippen LogP contribution >= 0.6 is 11.8 Å². The number of benzene rings is 2. The molecule has 2 unspecified atom stereocenters. The summed E-state index contributed by atoms with van der Waals surface area (Å²) in [6.07, 6.45) is 1.24. The van der Waals surface area contributed by atoms with E-state index >= 15 is 0 Å². The lowest BCUT2D eigenvalue weighted by Gasteiger charge is -2.30. The van der Waals surface area contributed by atoms with E-state index in [0.29, 0.717) is 30.0 Å². The van der Waals surface area contributed by atoms with Crippen LogP contribution in [0.15, 0.2) is 48.5 Å².